The van der Waals surface area contributed by atoms with Crippen LogP contribution in [0.2, 0.25) is 5.02 Å². The normalized spacial score (nSPS) is 16.6. The molecule has 1 fully saturated rings. The molecular formula is C20H20ClN7O3. The number of nitrogens with one attached hydrogen (secondary N) is 1. The number of nitrogens with two attached hydrogens (primary N) is 1. The molecule has 1 aliphatic rings. The second-order valence-corrected chi connectivity index (χ2v) is 7.46. The van der Waals surface area contributed by atoms with Crippen LogP contribution in [-0.4, -0.2) is 39.0 Å². The van der Waals surface area contributed by atoms with Crippen molar-refractivity contribution in [3.63, 3.8) is 0 Å². The zero-order valence-electron chi connectivity index (χ0n) is 17.1. The van der Waals surface area contributed by atoms with Crippen LogP contribution < -0.4 is 15.8 Å². The Morgan fingerprint density at radius 2 is 2.29 bits per heavy atom. The zero-order valence-corrected chi connectivity index (χ0v) is 17.9. The van der Waals surface area contributed by atoms with E-state index in [2.05, 4.69) is 26.5 Å². The third kappa shape index (κ3) is 3.37. The van der Waals surface area contributed by atoms with E-state index in [-0.39, 0.29) is 23.2 Å². The van der Waals surface area contributed by atoms with Crippen molar-refractivity contribution in [3.8, 4) is 11.8 Å². The number of aryl methyl sites for hydroxylation is 1. The molecule has 3 aromatic rings. The van der Waals surface area contributed by atoms with Crippen LogP contribution in [0.15, 0.2) is 12.4 Å². The van der Waals surface area contributed by atoms with Crippen molar-refractivity contribution in [1.82, 2.24) is 25.1 Å². The minimum atomic E-state index is -0.706. The Labute approximate surface area is 182 Å². The molecule has 1 saturated heterocycles. The minimum absolute atomic E-state index is 0.204. The number of nitrogens with zero attached hydrogens (tertiary/aromatic N) is 5. The first-order valence-corrected chi connectivity index (χ1v) is 10.0. The van der Waals surface area contributed by atoms with Crippen molar-refractivity contribution in [1.29, 1.82) is 5.26 Å². The summed E-state index contributed by atoms with van der Waals surface area (Å²) in [6.07, 6.45) is 0.112. The standard InChI is InChI=1S/C20H20ClN7O3/c1-4-30-17-11(5-13(21)12(6-22)16(17)14-7-24-20(29)31-14)10(3)28-19-15(9(2)27-28)18(23)25-8-26-19/h5,8,10,14H,4,7H2,1-3H3,(H,24,29)(H2,23,25,26)/t10-,14+/m0/s1. The molecule has 160 valence electrons. The average Bonchev–Trinajstić information content (AvgIpc) is 3.32. The molecule has 2 aromatic heterocycles. The smallest absolute Gasteiger partial charge is 0.407 e. The van der Waals surface area contributed by atoms with Gasteiger partial charge in [0.1, 0.15) is 24.0 Å². The summed E-state index contributed by atoms with van der Waals surface area (Å²) < 4.78 is 13.0. The van der Waals surface area contributed by atoms with Crippen molar-refractivity contribution in [2.75, 3.05) is 18.9 Å². The third-order valence-electron chi connectivity index (χ3n) is 5.21. The van der Waals surface area contributed by atoms with Crippen LogP contribution in [0.25, 0.3) is 11.0 Å². The molecule has 3 heterocycles. The van der Waals surface area contributed by atoms with Gasteiger partial charge in [0.25, 0.3) is 0 Å². The first-order valence-electron chi connectivity index (χ1n) is 9.66. The maximum atomic E-state index is 11.7. The molecule has 0 radical (unpaired) electrons. The van der Waals surface area contributed by atoms with E-state index >= 15 is 0 Å². The number of carbonyl (C=O) groups is 1. The Morgan fingerprint density at radius 1 is 1.52 bits per heavy atom. The maximum absolute atomic E-state index is 11.7. The quantitative estimate of drug-likeness (QED) is 0.615. The van der Waals surface area contributed by atoms with E-state index in [4.69, 9.17) is 26.8 Å². The number of aromatic nitrogens is 4. The number of fused-ring (bicyclic) bond motifs is 1. The monoisotopic (exact) mass is 441 g/mol. The number of ether oxygens (including phenoxy) is 2. The number of anilines is 1. The van der Waals surface area contributed by atoms with Crippen LogP contribution in [0.1, 0.15) is 48.4 Å². The minimum Gasteiger partial charge on any atom is -0.493 e. The molecule has 1 aliphatic heterocycles. The Bertz CT molecular complexity index is 1230. The number of alkyl carbamates (subject to hydrolysis) is 1. The fraction of sp³-hybridized carbons (Fsp3) is 0.350. The lowest BCUT2D eigenvalue weighted by Gasteiger charge is -2.23. The summed E-state index contributed by atoms with van der Waals surface area (Å²) in [5, 5.41) is 17.9. The lowest BCUT2D eigenvalue weighted by molar-refractivity contribution is 0.138. The number of halogens is 1. The molecule has 0 bridgehead atoms. The van der Waals surface area contributed by atoms with Crippen LogP contribution in [0.5, 0.6) is 5.75 Å². The lowest BCUT2D eigenvalue weighted by atomic mass is 9.95. The van der Waals surface area contributed by atoms with Gasteiger partial charge in [-0.3, -0.25) is 0 Å². The van der Waals surface area contributed by atoms with Crippen molar-refractivity contribution in [3.05, 3.63) is 39.8 Å². The van der Waals surface area contributed by atoms with Gasteiger partial charge in [0.15, 0.2) is 11.8 Å². The van der Waals surface area contributed by atoms with E-state index in [1.165, 1.54) is 6.33 Å². The zero-order chi connectivity index (χ0) is 22.3. The number of amides is 1. The number of nitriles is 1. The fourth-order valence-corrected chi connectivity index (χ4v) is 4.09. The first-order chi connectivity index (χ1) is 14.9. The molecule has 2 atom stereocenters. The number of carbonyl (C=O) groups excluding carboxylic acids is 1. The Balaban J connectivity index is 1.95. The summed E-state index contributed by atoms with van der Waals surface area (Å²) in [6.45, 7) is 6.11. The number of hydrogen-bond donors (Lipinski definition) is 2. The van der Waals surface area contributed by atoms with Gasteiger partial charge in [-0.15, -0.1) is 0 Å². The second kappa shape index (κ2) is 7.92. The van der Waals surface area contributed by atoms with E-state index in [1.54, 1.807) is 10.7 Å². The first kappa shape index (κ1) is 20.7. The summed E-state index contributed by atoms with van der Waals surface area (Å²) in [4.78, 5) is 20.1. The second-order valence-electron chi connectivity index (χ2n) is 7.05. The molecule has 0 saturated carbocycles. The molecule has 4 rings (SSSR count). The highest BCUT2D eigenvalue weighted by Crippen LogP contribution is 2.43. The Morgan fingerprint density at radius 3 is 2.94 bits per heavy atom. The van der Waals surface area contributed by atoms with Crippen LogP contribution in [0.3, 0.4) is 0 Å². The highest BCUT2D eigenvalue weighted by molar-refractivity contribution is 6.32. The molecule has 11 heteroatoms. The molecule has 1 aromatic carbocycles. The molecule has 3 N–H and O–H groups in total. The van der Waals surface area contributed by atoms with Gasteiger partial charge in [-0.05, 0) is 26.8 Å². The van der Waals surface area contributed by atoms with Crippen molar-refractivity contribution in [2.24, 2.45) is 0 Å². The number of hydrogen-bond acceptors (Lipinski definition) is 8. The van der Waals surface area contributed by atoms with Gasteiger partial charge in [0.05, 0.1) is 46.4 Å². The van der Waals surface area contributed by atoms with Gasteiger partial charge in [-0.1, -0.05) is 11.6 Å². The van der Waals surface area contributed by atoms with Crippen LogP contribution in [0, 0.1) is 18.3 Å². The molecular weight excluding hydrogens is 422 g/mol. The predicted octanol–water partition coefficient (Wildman–Crippen LogP) is 3.03. The lowest BCUT2D eigenvalue weighted by Crippen LogP contribution is -2.16. The van der Waals surface area contributed by atoms with Gasteiger partial charge in [0.2, 0.25) is 0 Å². The van der Waals surface area contributed by atoms with Gasteiger partial charge >= 0.3 is 6.09 Å². The van der Waals surface area contributed by atoms with Gasteiger partial charge in [0, 0.05) is 5.56 Å². The van der Waals surface area contributed by atoms with Gasteiger partial charge in [-0.2, -0.15) is 10.4 Å². The SMILES string of the molecule is CCOc1c([C@H](C)n2nc(C)c3c(N)ncnc32)cc(Cl)c(C#N)c1[C@H]1CNC(=O)O1. The number of nitrogen functional groups attached to an aromatic ring is 1. The summed E-state index contributed by atoms with van der Waals surface area (Å²) in [7, 11) is 0. The molecule has 0 unspecified atom stereocenters. The van der Waals surface area contributed by atoms with Gasteiger partial charge in [-0.25, -0.2) is 19.4 Å². The Kier molecular flexibility index (Phi) is 5.29. The average molecular weight is 442 g/mol. The van der Waals surface area contributed by atoms with Crippen molar-refractivity contribution >= 4 is 34.5 Å². The topological polar surface area (TPSA) is 141 Å². The third-order valence-corrected chi connectivity index (χ3v) is 5.51. The van der Waals surface area contributed by atoms with E-state index in [1.807, 2.05) is 20.8 Å². The van der Waals surface area contributed by atoms with E-state index in [9.17, 15) is 10.1 Å². The highest BCUT2D eigenvalue weighted by Gasteiger charge is 2.34. The highest BCUT2D eigenvalue weighted by atomic mass is 35.5. The number of rotatable bonds is 5. The predicted molar refractivity (Wildman–Crippen MR) is 113 cm³/mol. The van der Waals surface area contributed by atoms with Crippen LogP contribution >= 0.6 is 11.6 Å². The summed E-state index contributed by atoms with van der Waals surface area (Å²) in [5.41, 5.74) is 8.59. The van der Waals surface area contributed by atoms with Crippen LogP contribution in [0.4, 0.5) is 10.6 Å². The van der Waals surface area contributed by atoms with Crippen LogP contribution in [-0.2, 0) is 4.74 Å². The van der Waals surface area contributed by atoms with Gasteiger partial charge < -0.3 is 20.5 Å². The number of benzene rings is 1. The Hall–Kier alpha value is -3.58. The molecule has 0 spiro atoms. The maximum Gasteiger partial charge on any atom is 0.407 e. The van der Waals surface area contributed by atoms with E-state index in [0.717, 1.165) is 0 Å². The molecule has 0 aliphatic carbocycles. The molecule has 31 heavy (non-hydrogen) atoms. The summed E-state index contributed by atoms with van der Waals surface area (Å²) >= 11 is 6.49. The largest absolute Gasteiger partial charge is 0.493 e. The molecule has 1 amide bonds. The van der Waals surface area contributed by atoms with Crippen molar-refractivity contribution in [2.45, 2.75) is 32.9 Å². The fourth-order valence-electron chi connectivity index (χ4n) is 3.83. The number of cyclic esters (lactones) is 1. The summed E-state index contributed by atoms with van der Waals surface area (Å²) in [6, 6.07) is 3.40. The van der Waals surface area contributed by atoms with E-state index in [0.29, 0.717) is 46.0 Å². The van der Waals surface area contributed by atoms with E-state index < -0.39 is 12.2 Å². The molecule has 10 nitrogen and oxygen atoms in total. The summed E-state index contributed by atoms with van der Waals surface area (Å²) in [5.74, 6) is 0.772. The van der Waals surface area contributed by atoms with Crippen molar-refractivity contribution < 1.29 is 14.3 Å².